The normalized spacial score (nSPS) is 10.1. The van der Waals surface area contributed by atoms with Gasteiger partial charge in [0.25, 0.3) is 0 Å². The van der Waals surface area contributed by atoms with Gasteiger partial charge in [0.05, 0.1) is 18.9 Å². The third kappa shape index (κ3) is 1.65. The molecule has 0 unspecified atom stereocenters. The van der Waals surface area contributed by atoms with Crippen LogP contribution < -0.4 is 4.74 Å². The molecule has 3 nitrogen and oxygen atoms in total. The molecular formula is C10H8BrNO2. The number of hydrogen-bond donors (Lipinski definition) is 0. The van der Waals surface area contributed by atoms with Crippen LogP contribution in [0.2, 0.25) is 0 Å². The standard InChI is InChI=1S/C10H8BrNO2/c1-13-8-5-3-2-4-7(8)10-12-6-9(11)14-10/h2-6H,1H3. The van der Waals surface area contributed by atoms with E-state index in [4.69, 9.17) is 9.15 Å². The van der Waals surface area contributed by atoms with E-state index < -0.39 is 0 Å². The van der Waals surface area contributed by atoms with Crippen molar-refractivity contribution >= 4 is 15.9 Å². The number of oxazole rings is 1. The van der Waals surface area contributed by atoms with Crippen molar-refractivity contribution in [2.75, 3.05) is 7.11 Å². The van der Waals surface area contributed by atoms with Gasteiger partial charge < -0.3 is 9.15 Å². The zero-order valence-electron chi connectivity index (χ0n) is 7.53. The number of methoxy groups -OCH3 is 1. The van der Waals surface area contributed by atoms with Crippen molar-refractivity contribution in [3.63, 3.8) is 0 Å². The van der Waals surface area contributed by atoms with E-state index >= 15 is 0 Å². The molecule has 0 bridgehead atoms. The van der Waals surface area contributed by atoms with E-state index in [0.717, 1.165) is 11.3 Å². The summed E-state index contributed by atoms with van der Waals surface area (Å²) in [5, 5.41) is 0. The predicted molar refractivity (Wildman–Crippen MR) is 56.2 cm³/mol. The van der Waals surface area contributed by atoms with Crippen molar-refractivity contribution in [2.24, 2.45) is 0 Å². The summed E-state index contributed by atoms with van der Waals surface area (Å²) in [6.07, 6.45) is 1.61. The maximum atomic E-state index is 5.34. The summed E-state index contributed by atoms with van der Waals surface area (Å²) in [6, 6.07) is 7.58. The smallest absolute Gasteiger partial charge is 0.231 e. The highest BCUT2D eigenvalue weighted by Crippen LogP contribution is 2.29. The highest BCUT2D eigenvalue weighted by molar-refractivity contribution is 9.10. The maximum absolute atomic E-state index is 5.34. The van der Waals surface area contributed by atoms with Gasteiger partial charge >= 0.3 is 0 Å². The Hall–Kier alpha value is -1.29. The van der Waals surface area contributed by atoms with Crippen LogP contribution in [0.5, 0.6) is 5.75 Å². The maximum Gasteiger partial charge on any atom is 0.231 e. The average molecular weight is 254 g/mol. The van der Waals surface area contributed by atoms with Crippen molar-refractivity contribution in [1.82, 2.24) is 4.98 Å². The molecular weight excluding hydrogens is 246 g/mol. The second-order valence-corrected chi connectivity index (χ2v) is 3.45. The minimum Gasteiger partial charge on any atom is -0.496 e. The Labute approximate surface area is 89.8 Å². The lowest BCUT2D eigenvalue weighted by atomic mass is 10.2. The summed E-state index contributed by atoms with van der Waals surface area (Å²) >= 11 is 3.21. The molecule has 0 aliphatic carbocycles. The Kier molecular flexibility index (Phi) is 2.54. The lowest BCUT2D eigenvalue weighted by Crippen LogP contribution is -1.86. The summed E-state index contributed by atoms with van der Waals surface area (Å²) < 4.78 is 11.1. The topological polar surface area (TPSA) is 35.3 Å². The molecule has 0 aliphatic rings. The summed E-state index contributed by atoms with van der Waals surface area (Å²) in [5.41, 5.74) is 0.848. The van der Waals surface area contributed by atoms with E-state index in [-0.39, 0.29) is 0 Å². The molecule has 0 saturated heterocycles. The van der Waals surface area contributed by atoms with Gasteiger partial charge in [-0.3, -0.25) is 0 Å². The van der Waals surface area contributed by atoms with E-state index in [1.54, 1.807) is 13.3 Å². The first-order chi connectivity index (χ1) is 6.81. The van der Waals surface area contributed by atoms with Crippen molar-refractivity contribution in [3.8, 4) is 17.2 Å². The van der Waals surface area contributed by atoms with Gasteiger partial charge in [-0.1, -0.05) is 12.1 Å². The number of benzene rings is 1. The van der Waals surface area contributed by atoms with Crippen LogP contribution in [0.15, 0.2) is 39.5 Å². The fourth-order valence-corrected chi connectivity index (χ4v) is 1.46. The van der Waals surface area contributed by atoms with Gasteiger partial charge in [0.1, 0.15) is 5.75 Å². The Balaban J connectivity index is 2.50. The average Bonchev–Trinajstić information content (AvgIpc) is 2.65. The van der Waals surface area contributed by atoms with Gasteiger partial charge in [0.2, 0.25) is 5.89 Å². The number of para-hydroxylation sites is 1. The number of aromatic nitrogens is 1. The minimum atomic E-state index is 0.550. The van der Waals surface area contributed by atoms with Gasteiger partial charge in [-0.15, -0.1) is 0 Å². The Bertz CT molecular complexity index is 439. The first kappa shape index (κ1) is 9.27. The Morgan fingerprint density at radius 1 is 1.36 bits per heavy atom. The van der Waals surface area contributed by atoms with Gasteiger partial charge in [0, 0.05) is 0 Å². The molecule has 72 valence electrons. The highest BCUT2D eigenvalue weighted by Gasteiger charge is 2.09. The molecule has 2 rings (SSSR count). The zero-order valence-corrected chi connectivity index (χ0v) is 9.11. The predicted octanol–water partition coefficient (Wildman–Crippen LogP) is 3.11. The van der Waals surface area contributed by atoms with Crippen molar-refractivity contribution < 1.29 is 9.15 Å². The molecule has 0 fully saturated rings. The Morgan fingerprint density at radius 2 is 2.14 bits per heavy atom. The quantitative estimate of drug-likeness (QED) is 0.825. The second-order valence-electron chi connectivity index (χ2n) is 2.67. The molecule has 1 aromatic carbocycles. The van der Waals surface area contributed by atoms with Crippen LogP contribution in [0, 0.1) is 0 Å². The number of halogens is 1. The lowest BCUT2D eigenvalue weighted by molar-refractivity contribution is 0.414. The van der Waals surface area contributed by atoms with Gasteiger partial charge in [-0.25, -0.2) is 4.98 Å². The summed E-state index contributed by atoms with van der Waals surface area (Å²) in [7, 11) is 1.62. The molecule has 0 radical (unpaired) electrons. The molecule has 0 atom stereocenters. The van der Waals surface area contributed by atoms with Crippen molar-refractivity contribution in [2.45, 2.75) is 0 Å². The first-order valence-electron chi connectivity index (χ1n) is 4.06. The minimum absolute atomic E-state index is 0.550. The number of nitrogens with zero attached hydrogens (tertiary/aromatic N) is 1. The fourth-order valence-electron chi connectivity index (χ4n) is 1.20. The third-order valence-corrected chi connectivity index (χ3v) is 2.18. The number of hydrogen-bond acceptors (Lipinski definition) is 3. The zero-order chi connectivity index (χ0) is 9.97. The van der Waals surface area contributed by atoms with Crippen LogP contribution >= 0.6 is 15.9 Å². The molecule has 0 saturated carbocycles. The second kappa shape index (κ2) is 3.84. The number of ether oxygens (including phenoxy) is 1. The van der Waals surface area contributed by atoms with Crippen LogP contribution in [-0.4, -0.2) is 12.1 Å². The summed E-state index contributed by atoms with van der Waals surface area (Å²) in [6.45, 7) is 0. The molecule has 0 aliphatic heterocycles. The first-order valence-corrected chi connectivity index (χ1v) is 4.85. The van der Waals surface area contributed by atoms with E-state index in [9.17, 15) is 0 Å². The van der Waals surface area contributed by atoms with E-state index in [1.165, 1.54) is 0 Å². The highest BCUT2D eigenvalue weighted by atomic mass is 79.9. The molecule has 14 heavy (non-hydrogen) atoms. The number of rotatable bonds is 2. The van der Waals surface area contributed by atoms with Crippen LogP contribution in [0.3, 0.4) is 0 Å². The largest absolute Gasteiger partial charge is 0.496 e. The van der Waals surface area contributed by atoms with Crippen LogP contribution in [0.25, 0.3) is 11.5 Å². The molecule has 1 heterocycles. The van der Waals surface area contributed by atoms with Crippen molar-refractivity contribution in [1.29, 1.82) is 0 Å². The fraction of sp³-hybridized carbons (Fsp3) is 0.100. The van der Waals surface area contributed by atoms with Crippen molar-refractivity contribution in [3.05, 3.63) is 35.1 Å². The van der Waals surface area contributed by atoms with Crippen LogP contribution in [-0.2, 0) is 0 Å². The molecule has 0 N–H and O–H groups in total. The van der Waals surface area contributed by atoms with Gasteiger partial charge in [-0.2, -0.15) is 0 Å². The SMILES string of the molecule is COc1ccccc1-c1ncc(Br)o1. The third-order valence-electron chi connectivity index (χ3n) is 1.81. The molecule has 2 aromatic rings. The van der Waals surface area contributed by atoms with Crippen LogP contribution in [0.1, 0.15) is 0 Å². The Morgan fingerprint density at radius 3 is 2.79 bits per heavy atom. The molecule has 1 aromatic heterocycles. The van der Waals surface area contributed by atoms with Crippen LogP contribution in [0.4, 0.5) is 0 Å². The van der Waals surface area contributed by atoms with Gasteiger partial charge in [0.15, 0.2) is 4.67 Å². The molecule has 0 amide bonds. The van der Waals surface area contributed by atoms with Gasteiger partial charge in [-0.05, 0) is 28.1 Å². The molecule has 4 heteroatoms. The van der Waals surface area contributed by atoms with E-state index in [0.29, 0.717) is 10.6 Å². The lowest BCUT2D eigenvalue weighted by Gasteiger charge is -2.03. The van der Waals surface area contributed by atoms with E-state index in [1.807, 2.05) is 24.3 Å². The molecule has 0 spiro atoms. The van der Waals surface area contributed by atoms with E-state index in [2.05, 4.69) is 20.9 Å². The summed E-state index contributed by atoms with van der Waals surface area (Å²) in [5.74, 6) is 1.30. The summed E-state index contributed by atoms with van der Waals surface area (Å²) in [4.78, 5) is 4.10. The monoisotopic (exact) mass is 253 g/mol.